The standard InChI is InChI=1S/C10H9N3OS.ClH/c1-13-8-6(5-12-10(13)14)4-11-9-7(8)2-3-15-9;/h2-4H,5H2,1H3,(H,12,14);1H. The Bertz CT molecular complexity index is 554. The zero-order valence-electron chi connectivity index (χ0n) is 8.56. The van der Waals surface area contributed by atoms with Gasteiger partial charge in [-0.3, -0.25) is 4.90 Å². The van der Waals surface area contributed by atoms with Gasteiger partial charge in [0.15, 0.2) is 0 Å². The number of pyridine rings is 1. The minimum atomic E-state index is -0.0544. The molecule has 0 spiro atoms. The number of rotatable bonds is 0. The maximum Gasteiger partial charge on any atom is 0.321 e. The van der Waals surface area contributed by atoms with Gasteiger partial charge < -0.3 is 5.32 Å². The van der Waals surface area contributed by atoms with Crippen LogP contribution in [0.3, 0.4) is 0 Å². The Morgan fingerprint density at radius 3 is 3.19 bits per heavy atom. The van der Waals surface area contributed by atoms with Crippen molar-refractivity contribution < 1.29 is 4.79 Å². The van der Waals surface area contributed by atoms with E-state index in [-0.39, 0.29) is 18.4 Å². The van der Waals surface area contributed by atoms with Crippen LogP contribution in [0.4, 0.5) is 10.5 Å². The van der Waals surface area contributed by atoms with E-state index in [1.54, 1.807) is 23.3 Å². The van der Waals surface area contributed by atoms with Gasteiger partial charge in [-0.25, -0.2) is 9.78 Å². The van der Waals surface area contributed by atoms with Crippen LogP contribution in [0.15, 0.2) is 17.6 Å². The van der Waals surface area contributed by atoms with E-state index in [0.29, 0.717) is 6.54 Å². The molecule has 0 saturated carbocycles. The van der Waals surface area contributed by atoms with Gasteiger partial charge in [0.25, 0.3) is 0 Å². The van der Waals surface area contributed by atoms with Gasteiger partial charge in [0.2, 0.25) is 0 Å². The molecule has 4 nitrogen and oxygen atoms in total. The lowest BCUT2D eigenvalue weighted by Crippen LogP contribution is -2.41. The monoisotopic (exact) mass is 255 g/mol. The molecular formula is C10H10ClN3OS. The zero-order valence-corrected chi connectivity index (χ0v) is 10.2. The van der Waals surface area contributed by atoms with Crippen molar-refractivity contribution in [1.82, 2.24) is 10.3 Å². The molecule has 1 aliphatic rings. The summed E-state index contributed by atoms with van der Waals surface area (Å²) in [5.74, 6) is 0. The highest BCUT2D eigenvalue weighted by molar-refractivity contribution is 7.16. The van der Waals surface area contributed by atoms with Gasteiger partial charge in [0.1, 0.15) is 4.83 Å². The summed E-state index contributed by atoms with van der Waals surface area (Å²) in [5, 5.41) is 5.86. The van der Waals surface area contributed by atoms with Crippen molar-refractivity contribution in [3.63, 3.8) is 0 Å². The Labute approximate surface area is 103 Å². The van der Waals surface area contributed by atoms with Crippen molar-refractivity contribution in [2.75, 3.05) is 11.9 Å². The molecule has 3 rings (SSSR count). The van der Waals surface area contributed by atoms with E-state index < -0.39 is 0 Å². The molecule has 16 heavy (non-hydrogen) atoms. The van der Waals surface area contributed by atoms with Gasteiger partial charge in [-0.2, -0.15) is 0 Å². The number of anilines is 1. The Kier molecular flexibility index (Phi) is 2.73. The molecule has 6 heteroatoms. The maximum absolute atomic E-state index is 11.5. The molecular weight excluding hydrogens is 246 g/mol. The maximum atomic E-state index is 11.5. The van der Waals surface area contributed by atoms with Gasteiger partial charge in [0, 0.05) is 30.7 Å². The number of thiophene rings is 1. The van der Waals surface area contributed by atoms with E-state index >= 15 is 0 Å². The van der Waals surface area contributed by atoms with Crippen molar-refractivity contribution in [1.29, 1.82) is 0 Å². The molecule has 0 fully saturated rings. The van der Waals surface area contributed by atoms with E-state index in [1.807, 2.05) is 17.6 Å². The van der Waals surface area contributed by atoms with E-state index in [1.165, 1.54) is 0 Å². The Morgan fingerprint density at radius 1 is 1.56 bits per heavy atom. The van der Waals surface area contributed by atoms with Gasteiger partial charge in [-0.15, -0.1) is 23.7 Å². The summed E-state index contributed by atoms with van der Waals surface area (Å²) in [5.41, 5.74) is 2.06. The third-order valence-corrected chi connectivity index (χ3v) is 3.43. The molecule has 84 valence electrons. The quantitative estimate of drug-likeness (QED) is 0.786. The molecule has 0 atom stereocenters. The van der Waals surface area contributed by atoms with Crippen molar-refractivity contribution >= 4 is 45.7 Å². The highest BCUT2D eigenvalue weighted by Crippen LogP contribution is 2.33. The second-order valence-electron chi connectivity index (χ2n) is 3.49. The first-order valence-electron chi connectivity index (χ1n) is 4.64. The number of amides is 2. The summed E-state index contributed by atoms with van der Waals surface area (Å²) in [4.78, 5) is 18.5. The molecule has 0 aliphatic carbocycles. The molecule has 2 aromatic rings. The van der Waals surface area contributed by atoms with Crippen LogP contribution >= 0.6 is 23.7 Å². The van der Waals surface area contributed by atoms with Crippen LogP contribution in [-0.2, 0) is 6.54 Å². The molecule has 0 saturated heterocycles. The number of hydrogen-bond donors (Lipinski definition) is 1. The highest BCUT2D eigenvalue weighted by Gasteiger charge is 2.23. The van der Waals surface area contributed by atoms with E-state index in [2.05, 4.69) is 10.3 Å². The predicted octanol–water partition coefficient (Wildman–Crippen LogP) is 2.38. The van der Waals surface area contributed by atoms with Crippen LogP contribution in [0.2, 0.25) is 0 Å². The summed E-state index contributed by atoms with van der Waals surface area (Å²) in [7, 11) is 1.78. The minimum Gasteiger partial charge on any atom is -0.333 e. The number of fused-ring (bicyclic) bond motifs is 3. The van der Waals surface area contributed by atoms with E-state index in [4.69, 9.17) is 0 Å². The molecule has 1 N–H and O–H groups in total. The number of aromatic nitrogens is 1. The lowest BCUT2D eigenvalue weighted by Gasteiger charge is -2.26. The Morgan fingerprint density at radius 2 is 2.38 bits per heavy atom. The first-order chi connectivity index (χ1) is 7.27. The second kappa shape index (κ2) is 3.92. The molecule has 0 unspecified atom stereocenters. The molecule has 2 amide bonds. The number of hydrogen-bond acceptors (Lipinski definition) is 3. The number of halogens is 1. The van der Waals surface area contributed by atoms with Crippen LogP contribution in [0.25, 0.3) is 10.2 Å². The van der Waals surface area contributed by atoms with Crippen molar-refractivity contribution in [3.8, 4) is 0 Å². The first-order valence-corrected chi connectivity index (χ1v) is 5.52. The number of carbonyl (C=O) groups is 1. The Hall–Kier alpha value is -1.33. The number of nitrogens with one attached hydrogen (secondary N) is 1. The molecule has 3 heterocycles. The van der Waals surface area contributed by atoms with Crippen molar-refractivity contribution in [2.45, 2.75) is 6.54 Å². The molecule has 1 aliphatic heterocycles. The fraction of sp³-hybridized carbons (Fsp3) is 0.200. The second-order valence-corrected chi connectivity index (χ2v) is 4.38. The molecule has 0 bridgehead atoms. The van der Waals surface area contributed by atoms with Gasteiger partial charge in [-0.05, 0) is 11.4 Å². The summed E-state index contributed by atoms with van der Waals surface area (Å²) in [6, 6.07) is 1.96. The van der Waals surface area contributed by atoms with E-state index in [9.17, 15) is 4.79 Å². The van der Waals surface area contributed by atoms with Gasteiger partial charge >= 0.3 is 6.03 Å². The van der Waals surface area contributed by atoms with Crippen molar-refractivity contribution in [3.05, 3.63) is 23.2 Å². The summed E-state index contributed by atoms with van der Waals surface area (Å²) in [6.45, 7) is 0.567. The lowest BCUT2D eigenvalue weighted by molar-refractivity contribution is 0.246. The largest absolute Gasteiger partial charge is 0.333 e. The normalized spacial score (nSPS) is 14.3. The third kappa shape index (κ3) is 1.44. The van der Waals surface area contributed by atoms with Crippen LogP contribution in [-0.4, -0.2) is 18.1 Å². The van der Waals surface area contributed by atoms with Crippen molar-refractivity contribution in [2.24, 2.45) is 0 Å². The highest BCUT2D eigenvalue weighted by atomic mass is 35.5. The van der Waals surface area contributed by atoms with Gasteiger partial charge in [0.05, 0.1) is 5.69 Å². The summed E-state index contributed by atoms with van der Waals surface area (Å²) < 4.78 is 0. The van der Waals surface area contributed by atoms with Crippen LogP contribution in [0, 0.1) is 0 Å². The topological polar surface area (TPSA) is 45.2 Å². The fourth-order valence-corrected chi connectivity index (χ4v) is 2.61. The van der Waals surface area contributed by atoms with E-state index in [0.717, 1.165) is 21.5 Å². The van der Waals surface area contributed by atoms with Crippen LogP contribution in [0.5, 0.6) is 0 Å². The minimum absolute atomic E-state index is 0. The Balaban J connectivity index is 0.000000963. The van der Waals surface area contributed by atoms with Gasteiger partial charge in [-0.1, -0.05) is 0 Å². The summed E-state index contributed by atoms with van der Waals surface area (Å²) in [6.07, 6.45) is 1.84. The number of nitrogens with zero attached hydrogens (tertiary/aromatic N) is 2. The molecule has 2 aromatic heterocycles. The molecule has 0 aromatic carbocycles. The smallest absolute Gasteiger partial charge is 0.321 e. The first kappa shape index (κ1) is 11.2. The third-order valence-electron chi connectivity index (χ3n) is 2.61. The number of carbonyl (C=O) groups excluding carboxylic acids is 1. The van der Waals surface area contributed by atoms with Crippen LogP contribution < -0.4 is 10.2 Å². The lowest BCUT2D eigenvalue weighted by atomic mass is 10.1. The number of urea groups is 1. The average molecular weight is 256 g/mol. The predicted molar refractivity (Wildman–Crippen MR) is 67.5 cm³/mol. The molecule has 0 radical (unpaired) electrons. The SMILES string of the molecule is CN1C(=O)NCc2cnc3sccc3c21.Cl. The summed E-state index contributed by atoms with van der Waals surface area (Å²) >= 11 is 1.59. The zero-order chi connectivity index (χ0) is 10.4. The van der Waals surface area contributed by atoms with Crippen LogP contribution in [0.1, 0.15) is 5.56 Å². The fourth-order valence-electron chi connectivity index (χ4n) is 1.87. The average Bonchev–Trinajstić information content (AvgIpc) is 2.70.